The quantitative estimate of drug-likeness (QED) is 0.273. The standard InChI is InChI=1S/C30H34N4O3/c1-4-5-13-28-31-22(2)20-33(28)21-24-14-16-25(17-15-24)32-29(35)27(19-23-10-7-6-8-11-23)34-18-9-12-26(34)30(36)37-3/h6-12,14-18,20,27H,4-5,13,19,21H2,1-3H3,(H,32,35)/t27-/m0/s1. The largest absolute Gasteiger partial charge is 0.464 e. The molecule has 1 N–H and O–H groups in total. The van der Waals surface area contributed by atoms with Gasteiger partial charge in [0.15, 0.2) is 0 Å². The minimum Gasteiger partial charge on any atom is -0.464 e. The number of hydrogen-bond acceptors (Lipinski definition) is 4. The van der Waals surface area contributed by atoms with E-state index in [0.717, 1.165) is 48.5 Å². The summed E-state index contributed by atoms with van der Waals surface area (Å²) in [5, 5.41) is 3.04. The monoisotopic (exact) mass is 498 g/mol. The number of carbonyl (C=O) groups is 2. The number of carbonyl (C=O) groups excluding carboxylic acids is 2. The first kappa shape index (κ1) is 25.9. The minimum atomic E-state index is -0.624. The normalized spacial score (nSPS) is 11.8. The van der Waals surface area contributed by atoms with Gasteiger partial charge in [0.2, 0.25) is 5.91 Å². The zero-order valence-corrected chi connectivity index (χ0v) is 21.7. The summed E-state index contributed by atoms with van der Waals surface area (Å²) >= 11 is 0. The highest BCUT2D eigenvalue weighted by molar-refractivity contribution is 5.95. The number of hydrogen-bond donors (Lipinski definition) is 1. The van der Waals surface area contributed by atoms with Crippen molar-refractivity contribution in [3.63, 3.8) is 0 Å². The Morgan fingerprint density at radius 3 is 2.46 bits per heavy atom. The van der Waals surface area contributed by atoms with Crippen molar-refractivity contribution < 1.29 is 14.3 Å². The van der Waals surface area contributed by atoms with E-state index in [-0.39, 0.29) is 5.91 Å². The van der Waals surface area contributed by atoms with E-state index >= 15 is 0 Å². The van der Waals surface area contributed by atoms with E-state index < -0.39 is 12.0 Å². The van der Waals surface area contributed by atoms with E-state index in [0.29, 0.717) is 17.8 Å². The van der Waals surface area contributed by atoms with Crippen LogP contribution in [0.25, 0.3) is 0 Å². The number of aryl methyl sites for hydroxylation is 2. The molecular formula is C30H34N4O3. The number of imidazole rings is 1. The van der Waals surface area contributed by atoms with Gasteiger partial charge in [-0.05, 0) is 48.7 Å². The Labute approximate surface area is 218 Å². The molecule has 2 heterocycles. The third-order valence-electron chi connectivity index (χ3n) is 6.39. The number of nitrogens with one attached hydrogen (secondary N) is 1. The van der Waals surface area contributed by atoms with Gasteiger partial charge in [-0.2, -0.15) is 0 Å². The molecule has 4 aromatic rings. The molecule has 0 saturated carbocycles. The lowest BCUT2D eigenvalue weighted by Gasteiger charge is -2.21. The lowest BCUT2D eigenvalue weighted by molar-refractivity contribution is -0.119. The number of anilines is 1. The summed E-state index contributed by atoms with van der Waals surface area (Å²) < 4.78 is 8.81. The van der Waals surface area contributed by atoms with Crippen LogP contribution in [0.5, 0.6) is 0 Å². The molecule has 0 aliphatic heterocycles. The fourth-order valence-corrected chi connectivity index (χ4v) is 4.48. The van der Waals surface area contributed by atoms with E-state index in [1.165, 1.54) is 7.11 Å². The third-order valence-corrected chi connectivity index (χ3v) is 6.39. The smallest absolute Gasteiger partial charge is 0.354 e. The second-order valence-corrected chi connectivity index (χ2v) is 9.21. The van der Waals surface area contributed by atoms with Gasteiger partial charge in [-0.25, -0.2) is 9.78 Å². The van der Waals surface area contributed by atoms with Crippen molar-refractivity contribution in [2.75, 3.05) is 12.4 Å². The van der Waals surface area contributed by atoms with E-state index in [1.54, 1.807) is 22.9 Å². The van der Waals surface area contributed by atoms with Gasteiger partial charge in [0.1, 0.15) is 17.6 Å². The number of ether oxygens (including phenoxy) is 1. The number of aromatic nitrogens is 3. The molecule has 4 rings (SSSR count). The van der Waals surface area contributed by atoms with Gasteiger partial charge in [0, 0.05) is 37.5 Å². The number of rotatable bonds is 11. The van der Waals surface area contributed by atoms with Gasteiger partial charge in [0.25, 0.3) is 0 Å². The van der Waals surface area contributed by atoms with Gasteiger partial charge < -0.3 is 19.2 Å². The summed E-state index contributed by atoms with van der Waals surface area (Å²) in [7, 11) is 1.34. The number of esters is 1. The molecule has 0 spiro atoms. The lowest BCUT2D eigenvalue weighted by Crippen LogP contribution is -2.29. The van der Waals surface area contributed by atoms with Crippen molar-refractivity contribution >= 4 is 17.6 Å². The molecule has 0 bridgehead atoms. The Morgan fingerprint density at radius 2 is 1.76 bits per heavy atom. The average Bonchev–Trinajstić information content (AvgIpc) is 3.53. The minimum absolute atomic E-state index is 0.204. The molecule has 2 aromatic carbocycles. The third kappa shape index (κ3) is 6.55. The first-order valence-electron chi connectivity index (χ1n) is 12.7. The van der Waals surface area contributed by atoms with Gasteiger partial charge in [-0.3, -0.25) is 4.79 Å². The topological polar surface area (TPSA) is 78.2 Å². The van der Waals surface area contributed by atoms with Gasteiger partial charge >= 0.3 is 5.97 Å². The summed E-state index contributed by atoms with van der Waals surface area (Å²) in [6.07, 6.45) is 7.48. The van der Waals surface area contributed by atoms with E-state index in [1.807, 2.05) is 61.5 Å². The van der Waals surface area contributed by atoms with Crippen LogP contribution in [-0.2, 0) is 28.9 Å². The average molecular weight is 499 g/mol. The van der Waals surface area contributed by atoms with Crippen LogP contribution in [0, 0.1) is 6.92 Å². The number of unbranched alkanes of at least 4 members (excludes halogenated alkanes) is 1. The molecule has 0 unspecified atom stereocenters. The van der Waals surface area contributed by atoms with Crippen molar-refractivity contribution in [2.45, 2.75) is 52.1 Å². The van der Waals surface area contributed by atoms with Crippen molar-refractivity contribution in [1.82, 2.24) is 14.1 Å². The van der Waals surface area contributed by atoms with Crippen LogP contribution in [0.3, 0.4) is 0 Å². The molecule has 0 radical (unpaired) electrons. The number of nitrogens with zero attached hydrogens (tertiary/aromatic N) is 3. The van der Waals surface area contributed by atoms with Crippen LogP contribution >= 0.6 is 0 Å². The van der Waals surface area contributed by atoms with Crippen molar-refractivity contribution in [2.24, 2.45) is 0 Å². The Morgan fingerprint density at radius 1 is 1.00 bits per heavy atom. The fraction of sp³-hybridized carbons (Fsp3) is 0.300. The molecule has 1 atom stereocenters. The predicted molar refractivity (Wildman–Crippen MR) is 145 cm³/mol. The molecule has 7 nitrogen and oxygen atoms in total. The summed E-state index contributed by atoms with van der Waals surface area (Å²) in [6.45, 7) is 4.94. The number of methoxy groups -OCH3 is 1. The van der Waals surface area contributed by atoms with E-state index in [4.69, 9.17) is 4.74 Å². The highest BCUT2D eigenvalue weighted by Crippen LogP contribution is 2.22. The first-order chi connectivity index (χ1) is 18.0. The SMILES string of the molecule is CCCCc1nc(C)cn1Cc1ccc(NC(=O)[C@H](Cc2ccccc2)n2cccc2C(=O)OC)cc1. The van der Waals surface area contributed by atoms with Crippen LogP contribution in [0.2, 0.25) is 0 Å². The maximum absolute atomic E-state index is 13.5. The first-order valence-corrected chi connectivity index (χ1v) is 12.7. The van der Waals surface area contributed by atoms with Crippen molar-refractivity contribution in [1.29, 1.82) is 0 Å². The van der Waals surface area contributed by atoms with Gasteiger partial charge in [-0.15, -0.1) is 0 Å². The van der Waals surface area contributed by atoms with Crippen LogP contribution < -0.4 is 5.32 Å². The van der Waals surface area contributed by atoms with Gasteiger partial charge in [0.05, 0.1) is 12.8 Å². The van der Waals surface area contributed by atoms with Crippen molar-refractivity contribution in [3.05, 3.63) is 107 Å². The summed E-state index contributed by atoms with van der Waals surface area (Å²) in [5.74, 6) is 0.423. The fourth-order valence-electron chi connectivity index (χ4n) is 4.48. The predicted octanol–water partition coefficient (Wildman–Crippen LogP) is 5.59. The zero-order chi connectivity index (χ0) is 26.2. The molecule has 0 fully saturated rings. The van der Waals surface area contributed by atoms with Crippen LogP contribution in [0.1, 0.15) is 58.9 Å². The molecule has 7 heteroatoms. The van der Waals surface area contributed by atoms with Crippen LogP contribution in [0.4, 0.5) is 5.69 Å². The van der Waals surface area contributed by atoms with E-state index in [2.05, 4.69) is 28.0 Å². The van der Waals surface area contributed by atoms with Crippen molar-refractivity contribution in [3.8, 4) is 0 Å². The second-order valence-electron chi connectivity index (χ2n) is 9.21. The highest BCUT2D eigenvalue weighted by Gasteiger charge is 2.25. The van der Waals surface area contributed by atoms with E-state index in [9.17, 15) is 9.59 Å². The number of amides is 1. The Balaban J connectivity index is 1.51. The van der Waals surface area contributed by atoms with Crippen LogP contribution in [-0.4, -0.2) is 33.1 Å². The Kier molecular flexibility index (Phi) is 8.56. The highest BCUT2D eigenvalue weighted by atomic mass is 16.5. The molecule has 2 aromatic heterocycles. The molecule has 0 saturated heterocycles. The van der Waals surface area contributed by atoms with Gasteiger partial charge in [-0.1, -0.05) is 55.8 Å². The summed E-state index contributed by atoms with van der Waals surface area (Å²) in [6, 6.07) is 20.4. The summed E-state index contributed by atoms with van der Waals surface area (Å²) in [5.41, 5.74) is 4.19. The Hall–Kier alpha value is -4.13. The zero-order valence-electron chi connectivity index (χ0n) is 21.7. The molecule has 0 aliphatic carbocycles. The maximum atomic E-state index is 13.5. The molecule has 0 aliphatic rings. The lowest BCUT2D eigenvalue weighted by atomic mass is 10.0. The second kappa shape index (κ2) is 12.2. The molecule has 37 heavy (non-hydrogen) atoms. The van der Waals surface area contributed by atoms with Crippen LogP contribution in [0.15, 0.2) is 79.1 Å². The summed E-state index contributed by atoms with van der Waals surface area (Å²) in [4.78, 5) is 30.5. The maximum Gasteiger partial charge on any atom is 0.354 e. The Bertz CT molecular complexity index is 1320. The number of benzene rings is 2. The molecule has 1 amide bonds. The molecule has 192 valence electrons. The molecular weight excluding hydrogens is 464 g/mol.